The minimum atomic E-state index is -0.676. The van der Waals surface area contributed by atoms with E-state index < -0.39 is 12.0 Å². The van der Waals surface area contributed by atoms with Crippen molar-refractivity contribution in [3.63, 3.8) is 0 Å². The number of benzene rings is 1. The van der Waals surface area contributed by atoms with Crippen LogP contribution >= 0.6 is 11.3 Å². The van der Waals surface area contributed by atoms with Gasteiger partial charge >= 0.3 is 0 Å². The number of hydrogen-bond acceptors (Lipinski definition) is 4. The van der Waals surface area contributed by atoms with Crippen molar-refractivity contribution in [1.29, 1.82) is 0 Å². The molecule has 6 heteroatoms. The van der Waals surface area contributed by atoms with Gasteiger partial charge < -0.3 is 15.8 Å². The molecule has 1 aromatic heterocycles. The summed E-state index contributed by atoms with van der Waals surface area (Å²) < 4.78 is 5.65. The lowest BCUT2D eigenvalue weighted by Crippen LogP contribution is -2.30. The molecule has 0 saturated carbocycles. The molecule has 0 radical (unpaired) electrons. The Kier molecular flexibility index (Phi) is 5.38. The lowest BCUT2D eigenvalue weighted by molar-refractivity contribution is -0.122. The summed E-state index contributed by atoms with van der Waals surface area (Å²) in [5.74, 6) is -0.142. The van der Waals surface area contributed by atoms with Crippen LogP contribution in [0, 0.1) is 0 Å². The van der Waals surface area contributed by atoms with Crippen molar-refractivity contribution >= 4 is 28.2 Å². The Bertz CT molecular complexity index is 770. The smallest absolute Gasteiger partial charge is 0.265 e. The van der Waals surface area contributed by atoms with Crippen LogP contribution in [0.1, 0.15) is 47.0 Å². The normalized spacial score (nSPS) is 14.9. The van der Waals surface area contributed by atoms with Crippen LogP contribution in [0.2, 0.25) is 0 Å². The highest BCUT2D eigenvalue weighted by Gasteiger charge is 2.25. The van der Waals surface area contributed by atoms with E-state index in [0.717, 1.165) is 37.7 Å². The Morgan fingerprint density at radius 3 is 2.60 bits per heavy atom. The van der Waals surface area contributed by atoms with E-state index in [0.29, 0.717) is 16.3 Å². The summed E-state index contributed by atoms with van der Waals surface area (Å²) in [5, 5.41) is 3.39. The molecule has 132 valence electrons. The zero-order chi connectivity index (χ0) is 17.8. The summed E-state index contributed by atoms with van der Waals surface area (Å²) in [6.45, 7) is 1.69. The Morgan fingerprint density at radius 1 is 1.16 bits per heavy atom. The Balaban J connectivity index is 1.77. The van der Waals surface area contributed by atoms with E-state index >= 15 is 0 Å². The van der Waals surface area contributed by atoms with Gasteiger partial charge in [-0.25, -0.2) is 0 Å². The minimum absolute atomic E-state index is 0.289. The molecule has 1 unspecified atom stereocenters. The topological polar surface area (TPSA) is 81.4 Å². The van der Waals surface area contributed by atoms with Crippen LogP contribution in [0.25, 0.3) is 0 Å². The number of fused-ring (bicyclic) bond motifs is 1. The number of nitrogens with two attached hydrogens (primary N) is 1. The van der Waals surface area contributed by atoms with Gasteiger partial charge in [0.25, 0.3) is 11.8 Å². The first-order valence-electron chi connectivity index (χ1n) is 8.53. The van der Waals surface area contributed by atoms with E-state index in [2.05, 4.69) is 5.32 Å². The van der Waals surface area contributed by atoms with Crippen molar-refractivity contribution in [2.24, 2.45) is 5.73 Å². The van der Waals surface area contributed by atoms with E-state index in [1.807, 2.05) is 18.2 Å². The summed E-state index contributed by atoms with van der Waals surface area (Å²) in [6, 6.07) is 9.18. The van der Waals surface area contributed by atoms with E-state index in [1.54, 1.807) is 19.1 Å². The number of aryl methyl sites for hydroxylation is 1. The number of ether oxygens (including phenoxy) is 1. The molecule has 1 atom stereocenters. The highest BCUT2D eigenvalue weighted by atomic mass is 32.1. The first-order chi connectivity index (χ1) is 12.1. The number of carbonyl (C=O) groups is 2. The molecule has 1 aliphatic rings. The highest BCUT2D eigenvalue weighted by molar-refractivity contribution is 7.17. The number of thiophene rings is 1. The SMILES string of the molecule is CC(Oc1ccccc1)C(=O)Nc1sc2c(c1C(N)=O)CCCCC2. The van der Waals surface area contributed by atoms with Gasteiger partial charge in [-0.1, -0.05) is 24.6 Å². The maximum atomic E-state index is 12.5. The quantitative estimate of drug-likeness (QED) is 0.802. The van der Waals surface area contributed by atoms with E-state index in [1.165, 1.54) is 16.2 Å². The average Bonchev–Trinajstić information content (AvgIpc) is 2.77. The maximum Gasteiger partial charge on any atom is 0.265 e. The maximum absolute atomic E-state index is 12.5. The van der Waals surface area contributed by atoms with Crippen LogP contribution in [0.5, 0.6) is 5.75 Å². The van der Waals surface area contributed by atoms with Crippen LogP contribution in [-0.2, 0) is 17.6 Å². The molecule has 0 saturated heterocycles. The predicted octanol–water partition coefficient (Wildman–Crippen LogP) is 3.52. The monoisotopic (exact) mass is 358 g/mol. The molecule has 1 heterocycles. The number of hydrogen-bond donors (Lipinski definition) is 2. The molecule has 0 fully saturated rings. The van der Waals surface area contributed by atoms with Crippen molar-refractivity contribution < 1.29 is 14.3 Å². The molecule has 2 aromatic rings. The number of primary amides is 1. The molecular formula is C19H22N2O3S. The molecule has 25 heavy (non-hydrogen) atoms. The van der Waals surface area contributed by atoms with Gasteiger partial charge in [-0.2, -0.15) is 0 Å². The zero-order valence-corrected chi connectivity index (χ0v) is 15.0. The third-order valence-electron chi connectivity index (χ3n) is 4.33. The number of nitrogens with one attached hydrogen (secondary N) is 1. The summed E-state index contributed by atoms with van der Waals surface area (Å²) in [5.41, 5.74) is 7.08. The predicted molar refractivity (Wildman–Crippen MR) is 99.3 cm³/mol. The lowest BCUT2D eigenvalue weighted by atomic mass is 10.1. The van der Waals surface area contributed by atoms with E-state index in [9.17, 15) is 9.59 Å². The summed E-state index contributed by atoms with van der Waals surface area (Å²) in [6.07, 6.45) is 4.41. The van der Waals surface area contributed by atoms with Gasteiger partial charge in [-0.05, 0) is 50.3 Å². The van der Waals surface area contributed by atoms with Crippen molar-refractivity contribution in [3.05, 3.63) is 46.3 Å². The molecule has 1 aromatic carbocycles. The van der Waals surface area contributed by atoms with Crippen molar-refractivity contribution in [2.75, 3.05) is 5.32 Å². The first-order valence-corrected chi connectivity index (χ1v) is 9.35. The van der Waals surface area contributed by atoms with Crippen LogP contribution in [0.15, 0.2) is 30.3 Å². The van der Waals surface area contributed by atoms with Gasteiger partial charge in [-0.3, -0.25) is 9.59 Å². The average molecular weight is 358 g/mol. The second kappa shape index (κ2) is 7.70. The third-order valence-corrected chi connectivity index (χ3v) is 5.54. The molecule has 3 N–H and O–H groups in total. The summed E-state index contributed by atoms with van der Waals surface area (Å²) in [4.78, 5) is 25.6. The molecular weight excluding hydrogens is 336 g/mol. The number of rotatable bonds is 5. The lowest BCUT2D eigenvalue weighted by Gasteiger charge is -2.14. The number of anilines is 1. The molecule has 5 nitrogen and oxygen atoms in total. The van der Waals surface area contributed by atoms with Crippen molar-refractivity contribution in [3.8, 4) is 5.75 Å². The Hall–Kier alpha value is -2.34. The van der Waals surface area contributed by atoms with Gasteiger partial charge in [0.1, 0.15) is 10.8 Å². The minimum Gasteiger partial charge on any atom is -0.481 e. The number of para-hydroxylation sites is 1. The third kappa shape index (κ3) is 4.02. The second-order valence-corrected chi connectivity index (χ2v) is 7.30. The molecule has 1 aliphatic carbocycles. The fourth-order valence-corrected chi connectivity index (χ4v) is 4.36. The van der Waals surface area contributed by atoms with Crippen LogP contribution in [0.4, 0.5) is 5.00 Å². The fraction of sp³-hybridized carbons (Fsp3) is 0.368. The largest absolute Gasteiger partial charge is 0.481 e. The number of carbonyl (C=O) groups excluding carboxylic acids is 2. The van der Waals surface area contributed by atoms with Gasteiger partial charge in [0, 0.05) is 4.88 Å². The molecule has 0 bridgehead atoms. The zero-order valence-electron chi connectivity index (χ0n) is 14.2. The molecule has 3 rings (SSSR count). The van der Waals surface area contributed by atoms with Gasteiger partial charge in [-0.15, -0.1) is 11.3 Å². The molecule has 0 spiro atoms. The van der Waals surface area contributed by atoms with Gasteiger partial charge in [0.05, 0.1) is 5.56 Å². The van der Waals surface area contributed by atoms with E-state index in [-0.39, 0.29) is 5.91 Å². The summed E-state index contributed by atoms with van der Waals surface area (Å²) in [7, 11) is 0. The van der Waals surface area contributed by atoms with E-state index in [4.69, 9.17) is 10.5 Å². The van der Waals surface area contributed by atoms with Crippen LogP contribution < -0.4 is 15.8 Å². The molecule has 2 amide bonds. The van der Waals surface area contributed by atoms with Crippen molar-refractivity contribution in [2.45, 2.75) is 45.1 Å². The number of amides is 2. The van der Waals surface area contributed by atoms with Crippen LogP contribution in [-0.4, -0.2) is 17.9 Å². The molecule has 0 aliphatic heterocycles. The Labute approximate surface area is 151 Å². The van der Waals surface area contributed by atoms with Gasteiger partial charge in [0.15, 0.2) is 6.10 Å². The Morgan fingerprint density at radius 2 is 1.88 bits per heavy atom. The van der Waals surface area contributed by atoms with Gasteiger partial charge in [0.2, 0.25) is 0 Å². The summed E-state index contributed by atoms with van der Waals surface area (Å²) >= 11 is 1.47. The van der Waals surface area contributed by atoms with Crippen LogP contribution in [0.3, 0.4) is 0 Å². The highest BCUT2D eigenvalue weighted by Crippen LogP contribution is 2.37. The standard InChI is InChI=1S/C19H22N2O3S/c1-12(24-13-8-4-2-5-9-13)18(23)21-19-16(17(20)22)14-10-6-3-7-11-15(14)25-19/h2,4-5,8-9,12H,3,6-7,10-11H2,1H3,(H2,20,22)(H,21,23). The van der Waals surface area contributed by atoms with Crippen molar-refractivity contribution in [1.82, 2.24) is 0 Å². The second-order valence-electron chi connectivity index (χ2n) is 6.20. The first kappa shape index (κ1) is 17.5. The fourth-order valence-electron chi connectivity index (χ4n) is 3.06.